The van der Waals surface area contributed by atoms with Crippen LogP contribution in [0.4, 0.5) is 8.78 Å². The first kappa shape index (κ1) is 14.4. The third kappa shape index (κ3) is 3.23. The summed E-state index contributed by atoms with van der Waals surface area (Å²) in [6.45, 7) is 3.50. The molecule has 0 spiro atoms. The highest BCUT2D eigenvalue weighted by Gasteiger charge is 2.32. The molecule has 1 heterocycles. The Morgan fingerprint density at radius 1 is 1.14 bits per heavy atom. The smallest absolute Gasteiger partial charge is 0.254 e. The van der Waals surface area contributed by atoms with Gasteiger partial charge in [-0.15, -0.1) is 0 Å². The van der Waals surface area contributed by atoms with E-state index in [9.17, 15) is 13.6 Å². The Morgan fingerprint density at radius 3 is 2.43 bits per heavy atom. The molecule has 0 unspecified atom stereocenters. The van der Waals surface area contributed by atoms with Crippen LogP contribution in [0.3, 0.4) is 0 Å². The fourth-order valence-corrected chi connectivity index (χ4v) is 2.94. The largest absolute Gasteiger partial charge is 0.349 e. The Balaban J connectivity index is 1.60. The van der Waals surface area contributed by atoms with Gasteiger partial charge >= 0.3 is 0 Å². The maximum absolute atomic E-state index is 13.7. The molecule has 5 heteroatoms. The third-order valence-electron chi connectivity index (χ3n) is 4.42. The van der Waals surface area contributed by atoms with Gasteiger partial charge in [0, 0.05) is 31.2 Å². The van der Waals surface area contributed by atoms with Gasteiger partial charge in [-0.3, -0.25) is 4.79 Å². The van der Waals surface area contributed by atoms with Crippen LogP contribution >= 0.6 is 0 Å². The highest BCUT2D eigenvalue weighted by atomic mass is 19.1. The first-order valence-electron chi connectivity index (χ1n) is 7.55. The van der Waals surface area contributed by atoms with Gasteiger partial charge in [-0.25, -0.2) is 8.78 Å². The fraction of sp³-hybridized carbons (Fsp3) is 0.562. The highest BCUT2D eigenvalue weighted by molar-refractivity contribution is 5.94. The van der Waals surface area contributed by atoms with Gasteiger partial charge in [0.15, 0.2) is 0 Å². The summed E-state index contributed by atoms with van der Waals surface area (Å²) in [5, 5.41) is 2.87. The average Bonchev–Trinajstić information content (AvgIpc) is 3.28. The topological polar surface area (TPSA) is 32.3 Å². The van der Waals surface area contributed by atoms with Crippen LogP contribution in [-0.2, 0) is 0 Å². The van der Waals surface area contributed by atoms with E-state index in [4.69, 9.17) is 0 Å². The van der Waals surface area contributed by atoms with Gasteiger partial charge in [0.25, 0.3) is 5.91 Å². The average molecular weight is 294 g/mol. The molecule has 1 aliphatic heterocycles. The van der Waals surface area contributed by atoms with E-state index in [0.717, 1.165) is 38.0 Å². The molecule has 2 fully saturated rings. The lowest BCUT2D eigenvalue weighted by Gasteiger charge is -2.32. The summed E-state index contributed by atoms with van der Waals surface area (Å²) < 4.78 is 26.9. The second-order valence-electron chi connectivity index (χ2n) is 6.10. The molecule has 114 valence electrons. The zero-order valence-electron chi connectivity index (χ0n) is 12.2. The van der Waals surface area contributed by atoms with Crippen LogP contribution in [-0.4, -0.2) is 36.0 Å². The minimum Gasteiger partial charge on any atom is -0.349 e. The maximum Gasteiger partial charge on any atom is 0.254 e. The van der Waals surface area contributed by atoms with E-state index >= 15 is 0 Å². The molecule has 1 aliphatic carbocycles. The Bertz CT molecular complexity index is 549. The van der Waals surface area contributed by atoms with Gasteiger partial charge in [-0.1, -0.05) is 0 Å². The van der Waals surface area contributed by atoms with E-state index in [1.807, 2.05) is 0 Å². The Morgan fingerprint density at radius 2 is 1.81 bits per heavy atom. The molecule has 2 aliphatic rings. The number of likely N-dealkylation sites (tertiary alicyclic amines) is 1. The predicted molar refractivity (Wildman–Crippen MR) is 76.2 cm³/mol. The zero-order valence-corrected chi connectivity index (χ0v) is 12.2. The quantitative estimate of drug-likeness (QED) is 0.929. The van der Waals surface area contributed by atoms with Crippen LogP contribution in [0.15, 0.2) is 12.1 Å². The number of halogens is 2. The molecule has 1 N–H and O–H groups in total. The van der Waals surface area contributed by atoms with E-state index < -0.39 is 17.5 Å². The summed E-state index contributed by atoms with van der Waals surface area (Å²) in [5.74, 6) is -1.87. The predicted octanol–water partition coefficient (Wildman–Crippen LogP) is 2.63. The SMILES string of the molecule is Cc1cc(C(=O)NC2CCN(C3CC3)CC2)c(F)cc1F. The minimum absolute atomic E-state index is 0.0708. The summed E-state index contributed by atoms with van der Waals surface area (Å²) in [5.41, 5.74) is 0.212. The summed E-state index contributed by atoms with van der Waals surface area (Å²) in [7, 11) is 0. The van der Waals surface area contributed by atoms with Crippen molar-refractivity contribution in [2.24, 2.45) is 0 Å². The van der Waals surface area contributed by atoms with E-state index in [0.29, 0.717) is 0 Å². The number of hydrogen-bond donors (Lipinski definition) is 1. The molecular weight excluding hydrogens is 274 g/mol. The molecule has 1 saturated heterocycles. The third-order valence-corrected chi connectivity index (χ3v) is 4.42. The van der Waals surface area contributed by atoms with Crippen LogP contribution in [0.25, 0.3) is 0 Å². The van der Waals surface area contributed by atoms with Crippen molar-refractivity contribution in [3.05, 3.63) is 34.9 Å². The summed E-state index contributed by atoms with van der Waals surface area (Å²) in [6, 6.07) is 2.88. The van der Waals surface area contributed by atoms with Gasteiger partial charge < -0.3 is 10.2 Å². The lowest BCUT2D eigenvalue weighted by atomic mass is 10.0. The normalized spacial score (nSPS) is 20.5. The summed E-state index contributed by atoms with van der Waals surface area (Å²) in [4.78, 5) is 14.6. The van der Waals surface area contributed by atoms with Crippen LogP contribution in [0.1, 0.15) is 41.6 Å². The van der Waals surface area contributed by atoms with Crippen LogP contribution in [0.5, 0.6) is 0 Å². The number of benzene rings is 1. The number of piperidine rings is 1. The van der Waals surface area contributed by atoms with Crippen molar-refractivity contribution in [3.63, 3.8) is 0 Å². The number of nitrogens with one attached hydrogen (secondary N) is 1. The molecule has 0 radical (unpaired) electrons. The Kier molecular flexibility index (Phi) is 3.93. The Labute approximate surface area is 123 Å². The lowest BCUT2D eigenvalue weighted by Crippen LogP contribution is -2.45. The fourth-order valence-electron chi connectivity index (χ4n) is 2.94. The highest BCUT2D eigenvalue weighted by Crippen LogP contribution is 2.29. The van der Waals surface area contributed by atoms with Crippen molar-refractivity contribution in [3.8, 4) is 0 Å². The van der Waals surface area contributed by atoms with Crippen LogP contribution in [0, 0.1) is 18.6 Å². The van der Waals surface area contributed by atoms with Gasteiger partial charge in [-0.2, -0.15) is 0 Å². The number of amides is 1. The number of carbonyl (C=O) groups excluding carboxylic acids is 1. The second kappa shape index (κ2) is 5.72. The zero-order chi connectivity index (χ0) is 15.0. The van der Waals surface area contributed by atoms with Crippen molar-refractivity contribution >= 4 is 5.91 Å². The van der Waals surface area contributed by atoms with Crippen molar-refractivity contribution in [1.29, 1.82) is 0 Å². The number of aryl methyl sites for hydroxylation is 1. The first-order chi connectivity index (χ1) is 10.0. The van der Waals surface area contributed by atoms with Crippen molar-refractivity contribution in [2.45, 2.75) is 44.7 Å². The number of carbonyl (C=O) groups is 1. The van der Waals surface area contributed by atoms with Gasteiger partial charge in [0.1, 0.15) is 11.6 Å². The standard InChI is InChI=1S/C16H20F2N2O/c1-10-8-13(15(18)9-14(10)17)16(21)19-11-4-6-20(7-5-11)12-2-3-12/h8-9,11-12H,2-7H2,1H3,(H,19,21). The molecule has 3 rings (SSSR count). The molecule has 1 saturated carbocycles. The van der Waals surface area contributed by atoms with Crippen molar-refractivity contribution in [2.75, 3.05) is 13.1 Å². The Hall–Kier alpha value is -1.49. The minimum atomic E-state index is -0.800. The molecule has 0 atom stereocenters. The molecular formula is C16H20F2N2O. The van der Waals surface area contributed by atoms with Crippen LogP contribution < -0.4 is 5.32 Å². The van der Waals surface area contributed by atoms with Gasteiger partial charge in [0.2, 0.25) is 0 Å². The van der Waals surface area contributed by atoms with E-state index in [-0.39, 0.29) is 17.2 Å². The molecule has 1 aromatic rings. The van der Waals surface area contributed by atoms with Crippen molar-refractivity contribution < 1.29 is 13.6 Å². The molecule has 0 aromatic heterocycles. The molecule has 0 bridgehead atoms. The van der Waals surface area contributed by atoms with Gasteiger partial charge in [0.05, 0.1) is 5.56 Å². The van der Waals surface area contributed by atoms with Crippen LogP contribution in [0.2, 0.25) is 0 Å². The summed E-state index contributed by atoms with van der Waals surface area (Å²) >= 11 is 0. The number of rotatable bonds is 3. The second-order valence-corrected chi connectivity index (χ2v) is 6.10. The molecule has 1 amide bonds. The lowest BCUT2D eigenvalue weighted by molar-refractivity contribution is 0.0905. The van der Waals surface area contributed by atoms with Gasteiger partial charge in [-0.05, 0) is 44.2 Å². The van der Waals surface area contributed by atoms with Crippen molar-refractivity contribution in [1.82, 2.24) is 10.2 Å². The number of nitrogens with zero attached hydrogens (tertiary/aromatic N) is 1. The van der Waals surface area contributed by atoms with E-state index in [2.05, 4.69) is 10.2 Å². The molecule has 1 aromatic carbocycles. The maximum atomic E-state index is 13.7. The number of hydrogen-bond acceptors (Lipinski definition) is 2. The molecule has 21 heavy (non-hydrogen) atoms. The summed E-state index contributed by atoms with van der Waals surface area (Å²) in [6.07, 6.45) is 4.36. The molecule has 3 nitrogen and oxygen atoms in total. The first-order valence-corrected chi connectivity index (χ1v) is 7.55. The monoisotopic (exact) mass is 294 g/mol. The van der Waals surface area contributed by atoms with E-state index in [1.54, 1.807) is 0 Å². The van der Waals surface area contributed by atoms with E-state index in [1.165, 1.54) is 25.8 Å².